The van der Waals surface area contributed by atoms with Crippen LogP contribution in [0.1, 0.15) is 18.1 Å². The standard InChI is InChI=1S/C17H14O2/c1-17(14-10-6-3-7-11-14)12-15(19-16(17)18)13-8-4-2-5-9-13/h2-12H,1H3. The minimum atomic E-state index is -0.702. The highest BCUT2D eigenvalue weighted by Crippen LogP contribution is 2.37. The quantitative estimate of drug-likeness (QED) is 0.762. The number of hydrogen-bond acceptors (Lipinski definition) is 2. The topological polar surface area (TPSA) is 26.3 Å². The van der Waals surface area contributed by atoms with Crippen molar-refractivity contribution < 1.29 is 9.53 Å². The Morgan fingerprint density at radius 1 is 0.895 bits per heavy atom. The van der Waals surface area contributed by atoms with Gasteiger partial charge in [-0.2, -0.15) is 0 Å². The highest BCUT2D eigenvalue weighted by atomic mass is 16.5. The summed E-state index contributed by atoms with van der Waals surface area (Å²) in [4.78, 5) is 12.2. The number of esters is 1. The summed E-state index contributed by atoms with van der Waals surface area (Å²) < 4.78 is 5.44. The van der Waals surface area contributed by atoms with Crippen LogP contribution in [0.25, 0.3) is 5.76 Å². The van der Waals surface area contributed by atoms with Gasteiger partial charge in [-0.15, -0.1) is 0 Å². The molecule has 19 heavy (non-hydrogen) atoms. The van der Waals surface area contributed by atoms with Gasteiger partial charge in [0.1, 0.15) is 11.2 Å². The fourth-order valence-corrected chi connectivity index (χ4v) is 2.29. The molecule has 0 radical (unpaired) electrons. The lowest BCUT2D eigenvalue weighted by Crippen LogP contribution is -2.27. The largest absolute Gasteiger partial charge is 0.425 e. The summed E-state index contributed by atoms with van der Waals surface area (Å²) in [5.74, 6) is 0.412. The van der Waals surface area contributed by atoms with Crippen LogP contribution in [0, 0.1) is 0 Å². The van der Waals surface area contributed by atoms with Crippen LogP contribution in [-0.2, 0) is 14.9 Å². The first-order valence-corrected chi connectivity index (χ1v) is 6.26. The molecule has 2 nitrogen and oxygen atoms in total. The Labute approximate surface area is 112 Å². The van der Waals surface area contributed by atoms with Crippen LogP contribution < -0.4 is 0 Å². The van der Waals surface area contributed by atoms with E-state index in [9.17, 15) is 4.79 Å². The number of ether oxygens (including phenoxy) is 1. The van der Waals surface area contributed by atoms with Gasteiger partial charge in [0, 0.05) is 5.56 Å². The monoisotopic (exact) mass is 250 g/mol. The van der Waals surface area contributed by atoms with Crippen molar-refractivity contribution in [1.29, 1.82) is 0 Å². The molecule has 3 rings (SSSR count). The average molecular weight is 250 g/mol. The first-order valence-electron chi connectivity index (χ1n) is 6.26. The molecule has 0 aromatic heterocycles. The minimum absolute atomic E-state index is 0.224. The van der Waals surface area contributed by atoms with E-state index < -0.39 is 5.41 Å². The Bertz CT molecular complexity index is 629. The smallest absolute Gasteiger partial charge is 0.325 e. The lowest BCUT2D eigenvalue weighted by Gasteiger charge is -2.17. The molecule has 1 aliphatic heterocycles. The van der Waals surface area contributed by atoms with E-state index in [0.717, 1.165) is 11.1 Å². The zero-order valence-electron chi connectivity index (χ0n) is 10.7. The van der Waals surface area contributed by atoms with Crippen molar-refractivity contribution in [2.75, 3.05) is 0 Å². The van der Waals surface area contributed by atoms with E-state index in [1.54, 1.807) is 0 Å². The molecule has 0 saturated carbocycles. The fraction of sp³-hybridized carbons (Fsp3) is 0.118. The zero-order valence-corrected chi connectivity index (χ0v) is 10.7. The molecule has 0 saturated heterocycles. The molecular weight excluding hydrogens is 236 g/mol. The Kier molecular flexibility index (Phi) is 2.71. The molecule has 2 aromatic rings. The van der Waals surface area contributed by atoms with Gasteiger partial charge < -0.3 is 4.74 Å². The van der Waals surface area contributed by atoms with Gasteiger partial charge in [0.15, 0.2) is 0 Å². The van der Waals surface area contributed by atoms with E-state index in [-0.39, 0.29) is 5.97 Å². The maximum atomic E-state index is 12.2. The number of cyclic esters (lactones) is 1. The van der Waals surface area contributed by atoms with Crippen LogP contribution >= 0.6 is 0 Å². The lowest BCUT2D eigenvalue weighted by atomic mass is 9.83. The number of hydrogen-bond donors (Lipinski definition) is 0. The number of carbonyl (C=O) groups is 1. The Hall–Kier alpha value is -2.35. The van der Waals surface area contributed by atoms with Crippen LogP contribution in [0.5, 0.6) is 0 Å². The summed E-state index contributed by atoms with van der Waals surface area (Å²) in [6, 6.07) is 19.4. The normalized spacial score (nSPS) is 21.9. The Morgan fingerprint density at radius 2 is 1.47 bits per heavy atom. The van der Waals surface area contributed by atoms with Crippen molar-refractivity contribution in [3.05, 3.63) is 77.9 Å². The van der Waals surface area contributed by atoms with Crippen LogP contribution in [0.4, 0.5) is 0 Å². The fourth-order valence-electron chi connectivity index (χ4n) is 2.29. The third-order valence-corrected chi connectivity index (χ3v) is 3.48. The van der Waals surface area contributed by atoms with Gasteiger partial charge in [-0.25, -0.2) is 0 Å². The van der Waals surface area contributed by atoms with Crippen molar-refractivity contribution in [3.63, 3.8) is 0 Å². The van der Waals surface area contributed by atoms with Crippen molar-refractivity contribution in [2.45, 2.75) is 12.3 Å². The molecule has 2 aromatic carbocycles. The second-order valence-electron chi connectivity index (χ2n) is 4.83. The third-order valence-electron chi connectivity index (χ3n) is 3.48. The van der Waals surface area contributed by atoms with Crippen LogP contribution in [0.2, 0.25) is 0 Å². The van der Waals surface area contributed by atoms with Crippen LogP contribution in [0.3, 0.4) is 0 Å². The predicted molar refractivity (Wildman–Crippen MR) is 74.3 cm³/mol. The van der Waals surface area contributed by atoms with Gasteiger partial charge in [-0.3, -0.25) is 4.79 Å². The summed E-state index contributed by atoms with van der Waals surface area (Å²) >= 11 is 0. The molecule has 0 spiro atoms. The molecule has 0 amide bonds. The Morgan fingerprint density at radius 3 is 2.11 bits per heavy atom. The molecule has 1 unspecified atom stereocenters. The third kappa shape index (κ3) is 1.95. The summed E-state index contributed by atoms with van der Waals surface area (Å²) in [5.41, 5.74) is 1.17. The van der Waals surface area contributed by atoms with Crippen LogP contribution in [0.15, 0.2) is 66.7 Å². The first-order chi connectivity index (χ1) is 9.20. The molecule has 1 aliphatic rings. The average Bonchev–Trinajstić information content (AvgIpc) is 2.78. The first kappa shape index (κ1) is 11.7. The van der Waals surface area contributed by atoms with E-state index in [2.05, 4.69) is 0 Å². The summed E-state index contributed by atoms with van der Waals surface area (Å²) in [5, 5.41) is 0. The molecule has 1 heterocycles. The van der Waals surface area contributed by atoms with Crippen molar-refractivity contribution in [2.24, 2.45) is 0 Å². The second kappa shape index (κ2) is 4.39. The molecule has 1 atom stereocenters. The maximum Gasteiger partial charge on any atom is 0.325 e. The van der Waals surface area contributed by atoms with Gasteiger partial charge in [0.05, 0.1) is 0 Å². The molecule has 94 valence electrons. The van der Waals surface area contributed by atoms with Gasteiger partial charge >= 0.3 is 5.97 Å². The van der Waals surface area contributed by atoms with Gasteiger partial charge in [0.25, 0.3) is 0 Å². The van der Waals surface area contributed by atoms with E-state index in [0.29, 0.717) is 5.76 Å². The summed E-state index contributed by atoms with van der Waals surface area (Å²) in [6.07, 6.45) is 1.90. The van der Waals surface area contributed by atoms with E-state index >= 15 is 0 Å². The molecule has 2 heteroatoms. The van der Waals surface area contributed by atoms with E-state index in [1.807, 2.05) is 73.7 Å². The number of benzene rings is 2. The Balaban J connectivity index is 2.05. The van der Waals surface area contributed by atoms with E-state index in [1.165, 1.54) is 0 Å². The van der Waals surface area contributed by atoms with Gasteiger partial charge in [-0.1, -0.05) is 60.7 Å². The van der Waals surface area contributed by atoms with E-state index in [4.69, 9.17) is 4.74 Å². The van der Waals surface area contributed by atoms with Crippen molar-refractivity contribution >= 4 is 11.7 Å². The highest BCUT2D eigenvalue weighted by Gasteiger charge is 2.41. The zero-order chi connectivity index (χ0) is 13.3. The lowest BCUT2D eigenvalue weighted by molar-refractivity contribution is -0.138. The van der Waals surface area contributed by atoms with Crippen molar-refractivity contribution in [1.82, 2.24) is 0 Å². The van der Waals surface area contributed by atoms with Gasteiger partial charge in [0.2, 0.25) is 0 Å². The summed E-state index contributed by atoms with van der Waals surface area (Å²) in [7, 11) is 0. The minimum Gasteiger partial charge on any atom is -0.425 e. The molecule has 0 bridgehead atoms. The second-order valence-corrected chi connectivity index (χ2v) is 4.83. The predicted octanol–water partition coefficient (Wildman–Crippen LogP) is 3.54. The molecule has 0 aliphatic carbocycles. The van der Waals surface area contributed by atoms with Crippen LogP contribution in [-0.4, -0.2) is 5.97 Å². The SMILES string of the molecule is CC1(c2ccccc2)C=C(c2ccccc2)OC1=O. The molecule has 0 fully saturated rings. The van der Waals surface area contributed by atoms with Gasteiger partial charge in [-0.05, 0) is 18.6 Å². The highest BCUT2D eigenvalue weighted by molar-refractivity contribution is 5.95. The molecular formula is C17H14O2. The summed E-state index contributed by atoms with van der Waals surface area (Å²) in [6.45, 7) is 1.89. The molecule has 0 N–H and O–H groups in total. The van der Waals surface area contributed by atoms with Crippen molar-refractivity contribution in [3.8, 4) is 0 Å². The number of carbonyl (C=O) groups excluding carboxylic acids is 1. The number of rotatable bonds is 2. The maximum absolute atomic E-state index is 12.2.